The second-order valence-electron chi connectivity index (χ2n) is 4.84. The van der Waals surface area contributed by atoms with Gasteiger partial charge in [0.05, 0.1) is 19.9 Å². The van der Waals surface area contributed by atoms with Crippen LogP contribution in [0.15, 0.2) is 23.8 Å². The molecule has 2 aromatic rings. The normalized spacial score (nSPS) is 10.7. The molecule has 0 aliphatic carbocycles. The topological polar surface area (TPSA) is 70.4 Å². The number of esters is 1. The minimum atomic E-state index is -0.515. The Kier molecular flexibility index (Phi) is 4.74. The van der Waals surface area contributed by atoms with Crippen LogP contribution in [-0.2, 0) is 9.47 Å². The van der Waals surface area contributed by atoms with Crippen molar-refractivity contribution in [3.63, 3.8) is 0 Å². The maximum atomic E-state index is 11.8. The summed E-state index contributed by atoms with van der Waals surface area (Å²) in [5.41, 5.74) is 1.55. The molecule has 0 atom stereocenters. The van der Waals surface area contributed by atoms with Crippen molar-refractivity contribution in [2.75, 3.05) is 13.7 Å². The molecule has 0 aliphatic heterocycles. The van der Waals surface area contributed by atoms with Gasteiger partial charge in [0.15, 0.2) is 0 Å². The highest BCUT2D eigenvalue weighted by atomic mass is 32.1. The molecule has 0 aliphatic rings. The molecule has 21 heavy (non-hydrogen) atoms. The van der Waals surface area contributed by atoms with Crippen LogP contribution >= 0.6 is 11.3 Å². The molecule has 0 aromatic carbocycles. The largest absolute Gasteiger partial charge is 0.465 e. The van der Waals surface area contributed by atoms with Gasteiger partial charge in [-0.3, -0.25) is 0 Å². The fraction of sp³-hybridized carbons (Fsp3) is 0.357. The van der Waals surface area contributed by atoms with Gasteiger partial charge in [-0.15, -0.1) is 11.3 Å². The van der Waals surface area contributed by atoms with Gasteiger partial charge in [-0.1, -0.05) is 13.8 Å². The van der Waals surface area contributed by atoms with Gasteiger partial charge >= 0.3 is 12.1 Å². The second-order valence-corrected chi connectivity index (χ2v) is 5.75. The van der Waals surface area contributed by atoms with Gasteiger partial charge < -0.3 is 9.47 Å². The summed E-state index contributed by atoms with van der Waals surface area (Å²) >= 11 is 1.28. The summed E-state index contributed by atoms with van der Waals surface area (Å²) < 4.78 is 10.9. The Balaban J connectivity index is 2.10. The van der Waals surface area contributed by atoms with E-state index in [1.165, 1.54) is 18.4 Å². The van der Waals surface area contributed by atoms with E-state index in [1.54, 1.807) is 18.5 Å². The van der Waals surface area contributed by atoms with Crippen LogP contribution in [0.5, 0.6) is 0 Å². The summed E-state index contributed by atoms with van der Waals surface area (Å²) in [6.07, 6.45) is 2.62. The van der Waals surface area contributed by atoms with Crippen molar-refractivity contribution < 1.29 is 19.1 Å². The Bertz CT molecular complexity index is 645. The first-order valence-electron chi connectivity index (χ1n) is 6.40. The predicted octanol–water partition coefficient (Wildman–Crippen LogP) is 3.04. The molecule has 0 unspecified atom stereocenters. The smallest absolute Gasteiger partial charge is 0.434 e. The quantitative estimate of drug-likeness (QED) is 0.812. The molecule has 0 saturated heterocycles. The third kappa shape index (κ3) is 3.69. The monoisotopic (exact) mass is 308 g/mol. The Morgan fingerprint density at radius 2 is 2.14 bits per heavy atom. The lowest BCUT2D eigenvalue weighted by molar-refractivity contribution is 0.0606. The highest BCUT2D eigenvalue weighted by Gasteiger charge is 2.13. The van der Waals surface area contributed by atoms with E-state index in [2.05, 4.69) is 9.84 Å². The van der Waals surface area contributed by atoms with Crippen molar-refractivity contribution in [1.29, 1.82) is 0 Å². The second kappa shape index (κ2) is 6.53. The first kappa shape index (κ1) is 15.2. The third-order valence-corrected chi connectivity index (χ3v) is 3.54. The van der Waals surface area contributed by atoms with Gasteiger partial charge in [-0.25, -0.2) is 9.59 Å². The first-order valence-corrected chi connectivity index (χ1v) is 7.28. The summed E-state index contributed by atoms with van der Waals surface area (Å²) in [5.74, 6) is -0.113. The van der Waals surface area contributed by atoms with Gasteiger partial charge in [-0.05, 0) is 22.9 Å². The van der Waals surface area contributed by atoms with E-state index in [-0.39, 0.29) is 11.9 Å². The zero-order valence-electron chi connectivity index (χ0n) is 12.0. The fourth-order valence-corrected chi connectivity index (χ4v) is 2.40. The SMILES string of the molecule is COC(=O)c1cc(-c2cnn(C(=O)OCC(C)C)c2)cs1. The van der Waals surface area contributed by atoms with Crippen LogP contribution in [0.25, 0.3) is 11.1 Å². The molecular formula is C14H16N2O4S. The standard InChI is InChI=1S/C14H16N2O4S/c1-9(2)7-20-14(18)16-6-11(5-15-16)10-4-12(21-8-10)13(17)19-3/h4-6,8-9H,7H2,1-3H3. The van der Waals surface area contributed by atoms with Crippen LogP contribution in [0.4, 0.5) is 4.79 Å². The molecule has 0 N–H and O–H groups in total. The maximum Gasteiger partial charge on any atom is 0.434 e. The van der Waals surface area contributed by atoms with E-state index < -0.39 is 6.09 Å². The average Bonchev–Trinajstić information content (AvgIpc) is 3.11. The molecule has 6 nitrogen and oxygen atoms in total. The molecule has 0 radical (unpaired) electrons. The van der Waals surface area contributed by atoms with E-state index in [0.29, 0.717) is 11.5 Å². The van der Waals surface area contributed by atoms with Gasteiger partial charge in [-0.2, -0.15) is 9.78 Å². The zero-order valence-corrected chi connectivity index (χ0v) is 12.8. The number of hydrogen-bond acceptors (Lipinski definition) is 6. The molecule has 0 fully saturated rings. The van der Waals surface area contributed by atoms with Crippen molar-refractivity contribution >= 4 is 23.4 Å². The lowest BCUT2D eigenvalue weighted by Crippen LogP contribution is -2.16. The number of carbonyl (C=O) groups excluding carboxylic acids is 2. The number of aromatic nitrogens is 2. The predicted molar refractivity (Wildman–Crippen MR) is 78.5 cm³/mol. The van der Waals surface area contributed by atoms with Crippen molar-refractivity contribution in [1.82, 2.24) is 9.78 Å². The minimum absolute atomic E-state index is 0.267. The summed E-state index contributed by atoms with van der Waals surface area (Å²) in [5, 5.41) is 5.79. The molecule has 0 amide bonds. The number of thiophene rings is 1. The molecular weight excluding hydrogens is 292 g/mol. The highest BCUT2D eigenvalue weighted by molar-refractivity contribution is 7.12. The molecule has 7 heteroatoms. The van der Waals surface area contributed by atoms with Gasteiger partial charge in [0.1, 0.15) is 4.88 Å². The summed E-state index contributed by atoms with van der Waals surface area (Å²) in [6.45, 7) is 4.27. The van der Waals surface area contributed by atoms with Crippen molar-refractivity contribution in [2.45, 2.75) is 13.8 Å². The Morgan fingerprint density at radius 1 is 1.38 bits per heavy atom. The average molecular weight is 308 g/mol. The molecule has 2 heterocycles. The number of rotatable bonds is 4. The van der Waals surface area contributed by atoms with Gasteiger partial charge in [0.25, 0.3) is 0 Å². The summed E-state index contributed by atoms with van der Waals surface area (Å²) in [4.78, 5) is 23.7. The fourth-order valence-electron chi connectivity index (χ4n) is 1.57. The van der Waals surface area contributed by atoms with E-state index in [0.717, 1.165) is 15.8 Å². The Hall–Kier alpha value is -2.15. The summed E-state index contributed by atoms with van der Waals surface area (Å²) in [6, 6.07) is 1.71. The number of ether oxygens (including phenoxy) is 2. The minimum Gasteiger partial charge on any atom is -0.465 e. The molecule has 2 aromatic heterocycles. The van der Waals surface area contributed by atoms with Gasteiger partial charge in [0, 0.05) is 11.8 Å². The lowest BCUT2D eigenvalue weighted by atomic mass is 10.2. The van der Waals surface area contributed by atoms with E-state index >= 15 is 0 Å². The third-order valence-electron chi connectivity index (χ3n) is 2.63. The molecule has 0 bridgehead atoms. The zero-order chi connectivity index (χ0) is 15.4. The summed E-state index contributed by atoms with van der Waals surface area (Å²) in [7, 11) is 1.34. The lowest BCUT2D eigenvalue weighted by Gasteiger charge is -2.05. The number of hydrogen-bond donors (Lipinski definition) is 0. The number of methoxy groups -OCH3 is 1. The van der Waals surface area contributed by atoms with Crippen molar-refractivity contribution in [3.8, 4) is 11.1 Å². The molecule has 0 saturated carbocycles. The van der Waals surface area contributed by atoms with Crippen LogP contribution in [0.3, 0.4) is 0 Å². The number of nitrogens with zero attached hydrogens (tertiary/aromatic N) is 2. The van der Waals surface area contributed by atoms with Crippen LogP contribution in [-0.4, -0.2) is 35.6 Å². The van der Waals surface area contributed by atoms with E-state index in [1.807, 2.05) is 19.2 Å². The van der Waals surface area contributed by atoms with E-state index in [4.69, 9.17) is 4.74 Å². The van der Waals surface area contributed by atoms with Crippen LogP contribution in [0.1, 0.15) is 23.5 Å². The van der Waals surface area contributed by atoms with Crippen LogP contribution in [0, 0.1) is 5.92 Å². The first-order chi connectivity index (χ1) is 10.0. The van der Waals surface area contributed by atoms with Crippen LogP contribution in [0.2, 0.25) is 0 Å². The molecule has 2 rings (SSSR count). The molecule has 0 spiro atoms. The molecule has 112 valence electrons. The highest BCUT2D eigenvalue weighted by Crippen LogP contribution is 2.25. The van der Waals surface area contributed by atoms with Crippen molar-refractivity contribution in [3.05, 3.63) is 28.7 Å². The Labute approximate surface area is 126 Å². The number of carbonyl (C=O) groups is 2. The Morgan fingerprint density at radius 3 is 2.81 bits per heavy atom. The van der Waals surface area contributed by atoms with E-state index in [9.17, 15) is 9.59 Å². The van der Waals surface area contributed by atoms with Gasteiger partial charge in [0.2, 0.25) is 0 Å². The van der Waals surface area contributed by atoms with Crippen LogP contribution < -0.4 is 0 Å². The maximum absolute atomic E-state index is 11.8. The van der Waals surface area contributed by atoms with Crippen molar-refractivity contribution in [2.24, 2.45) is 5.92 Å².